The fourth-order valence-electron chi connectivity index (χ4n) is 0.993. The molecule has 0 bridgehead atoms. The molecule has 0 saturated carbocycles. The minimum absolute atomic E-state index is 0. The zero-order chi connectivity index (χ0) is 10.1. The van der Waals surface area contributed by atoms with Gasteiger partial charge in [-0.2, -0.15) is 31.5 Å². The number of hydrogen-bond acceptors (Lipinski definition) is 0. The fraction of sp³-hybridized carbons (Fsp3) is 0.300. The standard InChI is InChI=1S/C9H10F3Si.CH3.ClH.Mg/c1-13(2)8-5-3-7(4-6-8)9(10,11)12;;;/h3-6H,1-2H3;1H3;1H;/q2*-1;;+2. The van der Waals surface area contributed by atoms with Crippen molar-refractivity contribution in [2.24, 2.45) is 0 Å². The van der Waals surface area contributed by atoms with Crippen LogP contribution in [0.5, 0.6) is 0 Å². The summed E-state index contributed by atoms with van der Waals surface area (Å²) in [5.74, 6) is 0. The normalized spacial score (nSPS) is 9.31. The second kappa shape index (κ2) is 8.39. The molecule has 0 aliphatic rings. The Morgan fingerprint density at radius 3 is 1.62 bits per heavy atom. The summed E-state index contributed by atoms with van der Waals surface area (Å²) in [5, 5.41) is 1.03. The molecule has 0 amide bonds. The monoisotopic (exact) mass is 278 g/mol. The van der Waals surface area contributed by atoms with Gasteiger partial charge in [0.05, 0.1) is 5.56 Å². The van der Waals surface area contributed by atoms with Crippen LogP contribution >= 0.6 is 12.4 Å². The van der Waals surface area contributed by atoms with Crippen LogP contribution in [0.1, 0.15) is 5.56 Å². The van der Waals surface area contributed by atoms with E-state index in [1.165, 1.54) is 0 Å². The van der Waals surface area contributed by atoms with Gasteiger partial charge in [0.2, 0.25) is 0 Å². The molecule has 0 saturated heterocycles. The first-order valence-corrected chi connectivity index (χ1v) is 6.39. The molecule has 0 spiro atoms. The van der Waals surface area contributed by atoms with E-state index in [1.54, 1.807) is 12.1 Å². The molecule has 0 unspecified atom stereocenters. The summed E-state index contributed by atoms with van der Waals surface area (Å²) in [6, 6.07) is 5.42. The van der Waals surface area contributed by atoms with Crippen LogP contribution < -0.4 is 5.19 Å². The van der Waals surface area contributed by atoms with Gasteiger partial charge in [0, 0.05) is 0 Å². The van der Waals surface area contributed by atoms with Crippen LogP contribution in [0.3, 0.4) is 0 Å². The van der Waals surface area contributed by atoms with Crippen LogP contribution in [0.15, 0.2) is 24.3 Å². The molecule has 1 aromatic carbocycles. The van der Waals surface area contributed by atoms with E-state index in [1.807, 2.05) is 13.1 Å². The topological polar surface area (TPSA) is 0 Å². The van der Waals surface area contributed by atoms with Crippen molar-refractivity contribution in [1.82, 2.24) is 0 Å². The van der Waals surface area contributed by atoms with Crippen LogP contribution in [-0.2, 0) is 6.18 Å². The summed E-state index contributed by atoms with van der Waals surface area (Å²) in [7, 11) is -0.641. The van der Waals surface area contributed by atoms with Gasteiger partial charge >= 0.3 is 29.2 Å². The molecular weight excluding hydrogens is 265 g/mol. The van der Waals surface area contributed by atoms with Gasteiger partial charge < -0.3 is 7.43 Å². The van der Waals surface area contributed by atoms with Gasteiger partial charge in [0.1, 0.15) is 0 Å². The number of alkyl halides is 3. The van der Waals surface area contributed by atoms with Crippen LogP contribution in [-0.4, -0.2) is 31.8 Å². The van der Waals surface area contributed by atoms with Gasteiger partial charge in [-0.15, -0.1) is 12.4 Å². The molecule has 0 aliphatic heterocycles. The average Bonchev–Trinajstić information content (AvgIpc) is 2.03. The molecule has 0 N–H and O–H groups in total. The third kappa shape index (κ3) is 6.13. The van der Waals surface area contributed by atoms with E-state index < -0.39 is 20.5 Å². The number of rotatable bonds is 1. The SMILES string of the molecule is C[Si-](C)c1ccc(C(F)(F)F)cc1.Cl.[CH3-].[Mg+2]. The van der Waals surface area contributed by atoms with E-state index in [0.29, 0.717) is 0 Å². The molecule has 0 atom stereocenters. The van der Waals surface area contributed by atoms with Crippen molar-refractivity contribution in [3.63, 3.8) is 0 Å². The first-order valence-electron chi connectivity index (χ1n) is 3.89. The van der Waals surface area contributed by atoms with E-state index in [9.17, 15) is 13.2 Å². The third-order valence-electron chi connectivity index (χ3n) is 1.79. The molecule has 0 aliphatic carbocycles. The van der Waals surface area contributed by atoms with Gasteiger partial charge in [-0.05, 0) is 0 Å². The number of benzene rings is 1. The van der Waals surface area contributed by atoms with Crippen molar-refractivity contribution >= 4 is 49.4 Å². The predicted octanol–water partition coefficient (Wildman–Crippen LogP) is 3.16. The van der Waals surface area contributed by atoms with Crippen molar-refractivity contribution in [3.05, 3.63) is 37.3 Å². The van der Waals surface area contributed by atoms with Crippen LogP contribution in [0, 0.1) is 7.43 Å². The van der Waals surface area contributed by atoms with Crippen LogP contribution in [0.25, 0.3) is 0 Å². The molecule has 16 heavy (non-hydrogen) atoms. The molecule has 1 rings (SSSR count). The summed E-state index contributed by atoms with van der Waals surface area (Å²) < 4.78 is 36.4. The molecule has 1 aromatic rings. The van der Waals surface area contributed by atoms with Crippen molar-refractivity contribution in [1.29, 1.82) is 0 Å². The van der Waals surface area contributed by atoms with Gasteiger partial charge in [-0.25, -0.2) is 0 Å². The number of halogens is 4. The van der Waals surface area contributed by atoms with Crippen molar-refractivity contribution in [2.45, 2.75) is 19.3 Å². The smallest absolute Gasteiger partial charge is 0.358 e. The quantitative estimate of drug-likeness (QED) is 0.547. The van der Waals surface area contributed by atoms with Crippen LogP contribution in [0.4, 0.5) is 13.2 Å². The Kier molecular flexibility index (Phi) is 11.3. The molecule has 88 valence electrons. The summed E-state index contributed by atoms with van der Waals surface area (Å²) in [5.41, 5.74) is -0.570. The molecule has 6 heteroatoms. The van der Waals surface area contributed by atoms with Crippen molar-refractivity contribution in [3.8, 4) is 0 Å². The van der Waals surface area contributed by atoms with Gasteiger partial charge in [0.15, 0.2) is 0 Å². The van der Waals surface area contributed by atoms with Gasteiger partial charge in [-0.1, -0.05) is 24.3 Å². The van der Waals surface area contributed by atoms with Gasteiger partial charge in [-0.3, -0.25) is 8.80 Å². The average molecular weight is 279 g/mol. The van der Waals surface area contributed by atoms with Crippen LogP contribution in [0.2, 0.25) is 13.1 Å². The Hall–Kier alpha value is 0.283. The molecule has 0 radical (unpaired) electrons. The minimum atomic E-state index is -4.22. The van der Waals surface area contributed by atoms with E-state index in [-0.39, 0.29) is 42.9 Å². The van der Waals surface area contributed by atoms with Crippen molar-refractivity contribution < 1.29 is 13.2 Å². The Bertz CT molecular complexity index is 285. The Morgan fingerprint density at radius 1 is 1.00 bits per heavy atom. The summed E-state index contributed by atoms with van der Waals surface area (Å²) >= 11 is 0. The molecular formula is C10H14ClF3MgSi. The van der Waals surface area contributed by atoms with E-state index in [4.69, 9.17) is 0 Å². The largest absolute Gasteiger partial charge is 2.00 e. The Labute approximate surface area is 119 Å². The maximum atomic E-state index is 12.1. The summed E-state index contributed by atoms with van der Waals surface area (Å²) in [6.07, 6.45) is -4.22. The van der Waals surface area contributed by atoms with E-state index in [0.717, 1.165) is 17.3 Å². The third-order valence-corrected chi connectivity index (χ3v) is 3.28. The maximum Gasteiger partial charge on any atom is 2.00 e. The second-order valence-corrected chi connectivity index (χ2v) is 5.65. The van der Waals surface area contributed by atoms with E-state index >= 15 is 0 Å². The molecule has 0 fully saturated rings. The predicted molar refractivity (Wildman–Crippen MR) is 68.0 cm³/mol. The fourth-order valence-corrected chi connectivity index (χ4v) is 1.83. The Balaban J connectivity index is -0.000000563. The summed E-state index contributed by atoms with van der Waals surface area (Å²) in [6.45, 7) is 4.10. The zero-order valence-corrected chi connectivity index (χ0v) is 12.8. The Morgan fingerprint density at radius 2 is 1.38 bits per heavy atom. The first kappa shape index (κ1) is 21.6. The number of hydrogen-bond donors (Lipinski definition) is 0. The molecule has 0 nitrogen and oxygen atoms in total. The maximum absolute atomic E-state index is 12.1. The van der Waals surface area contributed by atoms with Gasteiger partial charge in [0.25, 0.3) is 0 Å². The minimum Gasteiger partial charge on any atom is -0.358 e. The first-order chi connectivity index (χ1) is 5.91. The zero-order valence-electron chi connectivity index (χ0n) is 9.56. The molecule has 0 aromatic heterocycles. The summed E-state index contributed by atoms with van der Waals surface area (Å²) in [4.78, 5) is 0. The van der Waals surface area contributed by atoms with Crippen molar-refractivity contribution in [2.75, 3.05) is 0 Å². The second-order valence-electron chi connectivity index (χ2n) is 3.08. The van der Waals surface area contributed by atoms with E-state index in [2.05, 4.69) is 0 Å². The molecule has 0 heterocycles.